The van der Waals surface area contributed by atoms with Crippen LogP contribution in [0.5, 0.6) is 11.5 Å². The van der Waals surface area contributed by atoms with E-state index in [0.717, 1.165) is 11.5 Å². The molecule has 9 aromatic carbocycles. The Morgan fingerprint density at radius 2 is 0.745 bits per heavy atom. The fourth-order valence-electron chi connectivity index (χ4n) is 11.3. The monoisotopic (exact) mass is 696 g/mol. The first-order valence-electron chi connectivity index (χ1n) is 19.3. The molecule has 0 fully saturated rings. The average molecular weight is 697 g/mol. The molecule has 0 aromatic heterocycles. The van der Waals surface area contributed by atoms with Gasteiger partial charge in [-0.1, -0.05) is 176 Å². The van der Waals surface area contributed by atoms with Crippen LogP contribution in [-0.2, 0) is 10.8 Å². The maximum absolute atomic E-state index is 6.86. The van der Waals surface area contributed by atoms with Gasteiger partial charge in [-0.25, -0.2) is 0 Å². The number of hydrogen-bond acceptors (Lipinski definition) is 1. The maximum Gasteiger partial charge on any atom is 0.132 e. The molecule has 0 N–H and O–H groups in total. The molecule has 2 spiro atoms. The van der Waals surface area contributed by atoms with Gasteiger partial charge in [-0.2, -0.15) is 0 Å². The van der Waals surface area contributed by atoms with Crippen LogP contribution in [0, 0.1) is 0 Å². The lowest BCUT2D eigenvalue weighted by atomic mass is 9.60. The van der Waals surface area contributed by atoms with E-state index < -0.39 is 10.8 Å². The van der Waals surface area contributed by atoms with Crippen molar-refractivity contribution in [2.24, 2.45) is 0 Å². The van der Waals surface area contributed by atoms with Crippen molar-refractivity contribution < 1.29 is 4.74 Å². The summed E-state index contributed by atoms with van der Waals surface area (Å²) in [5.74, 6) is 1.82. The smallest absolute Gasteiger partial charge is 0.132 e. The Morgan fingerprint density at radius 1 is 0.291 bits per heavy atom. The van der Waals surface area contributed by atoms with E-state index in [1.54, 1.807) is 0 Å². The molecule has 1 nitrogen and oxygen atoms in total. The van der Waals surface area contributed by atoms with E-state index >= 15 is 0 Å². The van der Waals surface area contributed by atoms with Crippen LogP contribution in [0.25, 0.3) is 55.3 Å². The summed E-state index contributed by atoms with van der Waals surface area (Å²) in [6.07, 6.45) is 0. The van der Waals surface area contributed by atoms with Crippen molar-refractivity contribution in [3.05, 3.63) is 239 Å². The Kier molecular flexibility index (Phi) is 5.56. The molecule has 3 aliphatic carbocycles. The zero-order chi connectivity index (χ0) is 35.9. The molecule has 55 heavy (non-hydrogen) atoms. The van der Waals surface area contributed by atoms with Crippen LogP contribution in [0.15, 0.2) is 194 Å². The van der Waals surface area contributed by atoms with Crippen molar-refractivity contribution in [2.45, 2.75) is 10.8 Å². The summed E-state index contributed by atoms with van der Waals surface area (Å²) in [5, 5.41) is 2.62. The van der Waals surface area contributed by atoms with Gasteiger partial charge >= 0.3 is 0 Å². The number of benzene rings is 9. The fraction of sp³-hybridized carbons (Fsp3) is 0.0370. The SMILES string of the molecule is c1ccc2c(c1)Oc1ccc(-c3cccc4c3C3(c5ccccc5-4)c4ccccc4-c4cccc5cccc3c45)cc1C21c2ccccc2-c2ccccc21. The summed E-state index contributed by atoms with van der Waals surface area (Å²) < 4.78 is 6.86. The molecule has 0 saturated heterocycles. The predicted molar refractivity (Wildman–Crippen MR) is 223 cm³/mol. The molecule has 1 heteroatoms. The molecule has 1 aliphatic heterocycles. The summed E-state index contributed by atoms with van der Waals surface area (Å²) in [7, 11) is 0. The quantitative estimate of drug-likeness (QED) is 0.166. The molecule has 0 amide bonds. The molecular weight excluding hydrogens is 665 g/mol. The largest absolute Gasteiger partial charge is 0.457 e. The van der Waals surface area contributed by atoms with Crippen molar-refractivity contribution in [3.8, 4) is 56.0 Å². The maximum atomic E-state index is 6.86. The summed E-state index contributed by atoms with van der Waals surface area (Å²) in [6, 6.07) is 72.5. The molecule has 1 heterocycles. The Bertz CT molecular complexity index is 3100. The molecule has 0 bridgehead atoms. The summed E-state index contributed by atoms with van der Waals surface area (Å²) in [4.78, 5) is 0. The minimum absolute atomic E-state index is 0.518. The van der Waals surface area contributed by atoms with E-state index in [0.29, 0.717) is 0 Å². The molecule has 0 radical (unpaired) electrons. The number of para-hydroxylation sites is 1. The third kappa shape index (κ3) is 3.42. The van der Waals surface area contributed by atoms with E-state index in [-0.39, 0.29) is 0 Å². The van der Waals surface area contributed by atoms with Gasteiger partial charge in [-0.15, -0.1) is 0 Å². The second-order valence-corrected chi connectivity index (χ2v) is 15.4. The summed E-state index contributed by atoms with van der Waals surface area (Å²) in [6.45, 7) is 0. The Hall–Kier alpha value is -6.96. The molecule has 1 atom stereocenters. The van der Waals surface area contributed by atoms with Crippen LogP contribution >= 0.6 is 0 Å². The lowest BCUT2D eigenvalue weighted by Crippen LogP contribution is -2.33. The van der Waals surface area contributed by atoms with Crippen LogP contribution in [0.2, 0.25) is 0 Å². The van der Waals surface area contributed by atoms with Crippen LogP contribution in [0.1, 0.15) is 44.5 Å². The first kappa shape index (κ1) is 29.5. The highest BCUT2D eigenvalue weighted by molar-refractivity contribution is 6.08. The molecule has 4 aliphatic rings. The second kappa shape index (κ2) is 10.4. The lowest BCUT2D eigenvalue weighted by Gasteiger charge is -2.41. The van der Waals surface area contributed by atoms with Crippen LogP contribution in [0.4, 0.5) is 0 Å². The summed E-state index contributed by atoms with van der Waals surface area (Å²) in [5.41, 5.74) is 19.5. The number of rotatable bonds is 1. The van der Waals surface area contributed by atoms with E-state index in [1.807, 2.05) is 0 Å². The number of hydrogen-bond donors (Lipinski definition) is 0. The van der Waals surface area contributed by atoms with Crippen molar-refractivity contribution in [1.29, 1.82) is 0 Å². The van der Waals surface area contributed by atoms with Crippen molar-refractivity contribution in [1.82, 2.24) is 0 Å². The van der Waals surface area contributed by atoms with E-state index in [1.165, 1.54) is 99.8 Å². The Labute approximate surface area is 319 Å². The molecule has 0 saturated carbocycles. The summed E-state index contributed by atoms with van der Waals surface area (Å²) >= 11 is 0. The van der Waals surface area contributed by atoms with Crippen molar-refractivity contribution in [3.63, 3.8) is 0 Å². The molecule has 13 rings (SSSR count). The van der Waals surface area contributed by atoms with E-state index in [2.05, 4.69) is 194 Å². The van der Waals surface area contributed by atoms with Gasteiger partial charge in [0.2, 0.25) is 0 Å². The van der Waals surface area contributed by atoms with Gasteiger partial charge in [0, 0.05) is 11.1 Å². The van der Waals surface area contributed by atoms with Crippen molar-refractivity contribution >= 4 is 10.8 Å². The van der Waals surface area contributed by atoms with E-state index in [4.69, 9.17) is 4.74 Å². The van der Waals surface area contributed by atoms with Gasteiger partial charge < -0.3 is 4.74 Å². The fourth-order valence-corrected chi connectivity index (χ4v) is 11.3. The predicted octanol–water partition coefficient (Wildman–Crippen LogP) is 13.3. The van der Waals surface area contributed by atoms with Gasteiger partial charge in [-0.3, -0.25) is 0 Å². The molecule has 254 valence electrons. The first-order chi connectivity index (χ1) is 27.3. The zero-order valence-electron chi connectivity index (χ0n) is 29.9. The molecule has 1 unspecified atom stereocenters. The lowest BCUT2D eigenvalue weighted by molar-refractivity contribution is 0.436. The average Bonchev–Trinajstić information content (AvgIpc) is 3.72. The van der Waals surface area contributed by atoms with Gasteiger partial charge in [0.05, 0.1) is 10.8 Å². The Morgan fingerprint density at radius 3 is 1.44 bits per heavy atom. The van der Waals surface area contributed by atoms with Gasteiger partial charge in [-0.05, 0) is 107 Å². The standard InChI is InChI=1S/C54H32O/c1-5-23-42-36(16-1)37-17-2-6-24-43(37)53(42)46-27-9-10-29-49(46)55-50-31-30-34(32-48(50)53)35-20-13-22-41-39-19-4-8-26-45(39)54(52(35)41)44-25-7-3-18-38(44)40-21-11-14-33-15-12-28-47(54)51(33)40/h1-32H. The highest BCUT2D eigenvalue weighted by Crippen LogP contribution is 2.65. The van der Waals surface area contributed by atoms with Gasteiger partial charge in [0.25, 0.3) is 0 Å². The topological polar surface area (TPSA) is 9.23 Å². The zero-order valence-corrected chi connectivity index (χ0v) is 29.9. The van der Waals surface area contributed by atoms with Crippen LogP contribution < -0.4 is 4.74 Å². The third-order valence-electron chi connectivity index (χ3n) is 13.1. The van der Waals surface area contributed by atoms with Crippen molar-refractivity contribution in [2.75, 3.05) is 0 Å². The normalized spacial score (nSPS) is 16.7. The minimum Gasteiger partial charge on any atom is -0.457 e. The van der Waals surface area contributed by atoms with Crippen LogP contribution in [-0.4, -0.2) is 0 Å². The minimum atomic E-state index is -0.534. The second-order valence-electron chi connectivity index (χ2n) is 15.4. The highest BCUT2D eigenvalue weighted by atomic mass is 16.5. The van der Waals surface area contributed by atoms with E-state index in [9.17, 15) is 0 Å². The number of fused-ring (bicyclic) bond motifs is 18. The molecule has 9 aromatic rings. The third-order valence-corrected chi connectivity index (χ3v) is 13.1. The Balaban J connectivity index is 1.16. The van der Waals surface area contributed by atoms with Gasteiger partial charge in [0.15, 0.2) is 0 Å². The van der Waals surface area contributed by atoms with Crippen LogP contribution in [0.3, 0.4) is 0 Å². The highest BCUT2D eigenvalue weighted by Gasteiger charge is 2.53. The first-order valence-corrected chi connectivity index (χ1v) is 19.3. The number of ether oxygens (including phenoxy) is 1. The van der Waals surface area contributed by atoms with Gasteiger partial charge in [0.1, 0.15) is 11.5 Å². The molecular formula is C54H32O.